The van der Waals surface area contributed by atoms with Gasteiger partial charge in [0.1, 0.15) is 6.07 Å². The fourth-order valence-electron chi connectivity index (χ4n) is 8.68. The fourth-order valence-corrected chi connectivity index (χ4v) is 8.68. The van der Waals surface area contributed by atoms with Gasteiger partial charge >= 0.3 is 5.97 Å². The summed E-state index contributed by atoms with van der Waals surface area (Å²) >= 11 is 0. The van der Waals surface area contributed by atoms with Crippen molar-refractivity contribution >= 4 is 17.5 Å². The van der Waals surface area contributed by atoms with Crippen LogP contribution >= 0.6 is 0 Å². The molecule has 39 heavy (non-hydrogen) atoms. The minimum atomic E-state index is -0.765. The maximum Gasteiger partial charge on any atom is 0.303 e. The summed E-state index contributed by atoms with van der Waals surface area (Å²) in [6.07, 6.45) is 11.5. The van der Waals surface area contributed by atoms with Crippen LogP contribution in [-0.4, -0.2) is 22.6 Å². The molecular weight excluding hydrogens is 486 g/mol. The Bertz CT molecular complexity index is 1140. The van der Waals surface area contributed by atoms with Gasteiger partial charge in [0.25, 0.3) is 0 Å². The lowest BCUT2D eigenvalue weighted by atomic mass is 9.40. The number of hydrogen-bond donors (Lipinski definition) is 1. The third-order valence-electron chi connectivity index (χ3n) is 11.5. The van der Waals surface area contributed by atoms with Crippen LogP contribution in [0.3, 0.4) is 0 Å². The van der Waals surface area contributed by atoms with Gasteiger partial charge in [0.2, 0.25) is 0 Å². The first-order valence-electron chi connectivity index (χ1n) is 14.9. The molecule has 216 valence electrons. The van der Waals surface area contributed by atoms with Crippen LogP contribution in [0.15, 0.2) is 23.3 Å². The number of nitrogens with zero attached hydrogens (tertiary/aromatic N) is 1. The number of carbonyl (C=O) groups excluding carboxylic acids is 2. The van der Waals surface area contributed by atoms with Crippen LogP contribution in [0, 0.1) is 49.7 Å². The molecule has 0 unspecified atom stereocenters. The second-order valence-electron chi connectivity index (χ2n) is 15.5. The van der Waals surface area contributed by atoms with E-state index in [9.17, 15) is 24.8 Å². The van der Waals surface area contributed by atoms with Gasteiger partial charge in [-0.25, -0.2) is 0 Å². The van der Waals surface area contributed by atoms with Crippen molar-refractivity contribution in [2.45, 2.75) is 127 Å². The van der Waals surface area contributed by atoms with E-state index in [0.717, 1.165) is 56.9 Å². The molecule has 0 spiro atoms. The van der Waals surface area contributed by atoms with Crippen LogP contribution in [0.2, 0.25) is 0 Å². The highest BCUT2D eigenvalue weighted by Crippen LogP contribution is 2.69. The summed E-state index contributed by atoms with van der Waals surface area (Å²) in [5.41, 5.74) is -0.785. The number of ketones is 2. The Balaban J connectivity index is 1.98. The Morgan fingerprint density at radius 2 is 1.72 bits per heavy atom. The van der Waals surface area contributed by atoms with E-state index in [2.05, 4.69) is 54.5 Å². The van der Waals surface area contributed by atoms with E-state index in [4.69, 9.17) is 0 Å². The molecule has 0 bridgehead atoms. The Hall–Kier alpha value is -2.22. The minimum Gasteiger partial charge on any atom is -0.481 e. The number of carbonyl (C=O) groups is 3. The van der Waals surface area contributed by atoms with Crippen LogP contribution in [0.5, 0.6) is 0 Å². The first-order valence-corrected chi connectivity index (χ1v) is 14.9. The predicted molar refractivity (Wildman–Crippen MR) is 155 cm³/mol. The maximum absolute atomic E-state index is 13.4. The van der Waals surface area contributed by atoms with E-state index in [1.54, 1.807) is 0 Å². The van der Waals surface area contributed by atoms with Crippen LogP contribution in [0.4, 0.5) is 0 Å². The number of aliphatic carboxylic acids is 1. The maximum atomic E-state index is 13.4. The zero-order chi connectivity index (χ0) is 29.7. The summed E-state index contributed by atoms with van der Waals surface area (Å²) in [5, 5.41) is 19.6. The molecular formula is C34H51NO4. The van der Waals surface area contributed by atoms with Crippen LogP contribution in [0.1, 0.15) is 127 Å². The van der Waals surface area contributed by atoms with Crippen molar-refractivity contribution in [3.63, 3.8) is 0 Å². The van der Waals surface area contributed by atoms with Crippen molar-refractivity contribution in [1.29, 1.82) is 5.26 Å². The van der Waals surface area contributed by atoms with Crippen LogP contribution < -0.4 is 0 Å². The Labute approximate surface area is 236 Å². The molecule has 0 aromatic heterocycles. The lowest BCUT2D eigenvalue weighted by molar-refractivity contribution is -0.141. The van der Waals surface area contributed by atoms with Crippen LogP contribution in [0.25, 0.3) is 0 Å². The molecule has 1 saturated carbocycles. The topological polar surface area (TPSA) is 95.2 Å². The van der Waals surface area contributed by atoms with Gasteiger partial charge in [-0.05, 0) is 78.6 Å². The highest BCUT2D eigenvalue weighted by Gasteiger charge is 2.63. The number of carboxylic acids is 1. The third kappa shape index (κ3) is 5.55. The van der Waals surface area contributed by atoms with Gasteiger partial charge in [-0.3, -0.25) is 14.4 Å². The van der Waals surface area contributed by atoms with E-state index in [0.29, 0.717) is 6.42 Å². The third-order valence-corrected chi connectivity index (χ3v) is 11.5. The monoisotopic (exact) mass is 537 g/mol. The smallest absolute Gasteiger partial charge is 0.303 e. The second kappa shape index (κ2) is 10.3. The highest BCUT2D eigenvalue weighted by molar-refractivity contribution is 6.04. The van der Waals surface area contributed by atoms with Crippen molar-refractivity contribution in [2.24, 2.45) is 38.4 Å². The minimum absolute atomic E-state index is 0.0159. The van der Waals surface area contributed by atoms with Crippen molar-refractivity contribution < 1.29 is 19.5 Å². The number of allylic oxidation sites excluding steroid dienone is 4. The summed E-state index contributed by atoms with van der Waals surface area (Å²) in [6, 6.07) is 2.15. The Kier molecular flexibility index (Phi) is 8.28. The molecule has 0 aromatic carbocycles. The van der Waals surface area contributed by atoms with Crippen molar-refractivity contribution in [3.8, 4) is 6.07 Å². The summed E-state index contributed by atoms with van der Waals surface area (Å²) in [7, 11) is 0. The van der Waals surface area contributed by atoms with Crippen LogP contribution in [-0.2, 0) is 14.4 Å². The first-order chi connectivity index (χ1) is 17.8. The molecule has 3 aliphatic carbocycles. The van der Waals surface area contributed by atoms with Crippen molar-refractivity contribution in [3.05, 3.63) is 23.3 Å². The number of carboxylic acid groups (broad SMARTS) is 1. The number of nitriles is 1. The molecule has 5 nitrogen and oxygen atoms in total. The molecule has 5 heteroatoms. The molecule has 0 heterocycles. The number of Topliss-reactive ketones (excluding diaryl/α,β-unsaturated/α-hetero) is 1. The summed E-state index contributed by atoms with van der Waals surface area (Å²) in [5.74, 6) is -0.754. The highest BCUT2D eigenvalue weighted by atomic mass is 16.4. The summed E-state index contributed by atoms with van der Waals surface area (Å²) in [6.45, 7) is 19.4. The van der Waals surface area contributed by atoms with Gasteiger partial charge in [0.05, 0.1) is 12.0 Å². The molecule has 0 amide bonds. The average Bonchev–Trinajstić information content (AvgIpc) is 2.80. The molecule has 0 aliphatic heterocycles. The standard InChI is InChI=1S/C34H51NO4/c1-10-12-29(2,3)14-15-31(6,21-27(37)38)16-17-32(7)20-24(36)18-26-33(8)19-23(22-35)28(39)30(4,5)25(33)11-13-34(26,32)9/h18-19,25H,10-17,20-21H2,1-9H3,(H,37,38)/t25-,31-,32+,33-,34+/m0/s1. The largest absolute Gasteiger partial charge is 0.481 e. The fraction of sp³-hybridized carbons (Fsp3) is 0.765. The molecule has 0 saturated heterocycles. The summed E-state index contributed by atoms with van der Waals surface area (Å²) in [4.78, 5) is 38.5. The van der Waals surface area contributed by atoms with Gasteiger partial charge in [0.15, 0.2) is 11.6 Å². The number of hydrogen-bond acceptors (Lipinski definition) is 4. The van der Waals surface area contributed by atoms with Crippen molar-refractivity contribution in [2.75, 3.05) is 0 Å². The molecule has 3 rings (SSSR count). The number of fused-ring (bicyclic) bond motifs is 3. The quantitative estimate of drug-likeness (QED) is 0.303. The molecule has 5 atom stereocenters. The van der Waals surface area contributed by atoms with Gasteiger partial charge in [-0.2, -0.15) is 5.26 Å². The zero-order valence-corrected chi connectivity index (χ0v) is 25.9. The zero-order valence-electron chi connectivity index (χ0n) is 25.9. The van der Waals surface area contributed by atoms with Crippen molar-refractivity contribution in [1.82, 2.24) is 0 Å². The van der Waals surface area contributed by atoms with E-state index >= 15 is 0 Å². The van der Waals surface area contributed by atoms with Gasteiger partial charge in [0, 0.05) is 17.3 Å². The van der Waals surface area contributed by atoms with E-state index in [1.165, 1.54) is 0 Å². The van der Waals surface area contributed by atoms with Gasteiger partial charge < -0.3 is 5.11 Å². The molecule has 1 fully saturated rings. The molecule has 1 N–H and O–H groups in total. The Morgan fingerprint density at radius 1 is 1.08 bits per heavy atom. The predicted octanol–water partition coefficient (Wildman–Crippen LogP) is 8.24. The molecule has 0 aromatic rings. The van der Waals surface area contributed by atoms with E-state index in [1.807, 2.05) is 26.0 Å². The lowest BCUT2D eigenvalue weighted by Gasteiger charge is -2.63. The van der Waals surface area contributed by atoms with Gasteiger partial charge in [-0.1, -0.05) is 80.4 Å². The summed E-state index contributed by atoms with van der Waals surface area (Å²) < 4.78 is 0. The SMILES string of the molecule is CCCC(C)(C)CC[C@@](C)(CC[C@]1(C)CC(=O)C=C2[C@@]3(C)C=C(C#N)C(=O)C(C)(C)[C@@H]3CC[C@]21C)CC(=O)O. The average molecular weight is 538 g/mol. The van der Waals surface area contributed by atoms with E-state index < -0.39 is 16.8 Å². The normalized spacial score (nSPS) is 33.7. The molecule has 3 aliphatic rings. The number of rotatable bonds is 10. The van der Waals surface area contributed by atoms with E-state index in [-0.39, 0.29) is 51.1 Å². The lowest BCUT2D eigenvalue weighted by Crippen LogP contribution is -2.57. The second-order valence-corrected chi connectivity index (χ2v) is 15.5. The first kappa shape index (κ1) is 31.3. The van der Waals surface area contributed by atoms with Gasteiger partial charge in [-0.15, -0.1) is 0 Å². The molecule has 0 radical (unpaired) electrons. The Morgan fingerprint density at radius 3 is 2.28 bits per heavy atom.